The highest BCUT2D eigenvalue weighted by atomic mass is 16.5. The van der Waals surface area contributed by atoms with Gasteiger partial charge in [-0.2, -0.15) is 0 Å². The standard InChI is InChI=1S/C22H19NO5/c1-27-21(26)14-23-13-20(19(25)12-18(23)15-24)28-22(16-8-4-2-5-9-16)17-10-6-3-7-11-17/h2-13,15,22H,14H2,1H3. The number of carbonyl (C=O) groups is 2. The molecule has 6 heteroatoms. The van der Waals surface area contributed by atoms with Crippen molar-refractivity contribution >= 4 is 12.3 Å². The molecule has 0 aliphatic carbocycles. The number of esters is 1. The second kappa shape index (κ2) is 8.81. The van der Waals surface area contributed by atoms with Crippen LogP contribution in [0.2, 0.25) is 0 Å². The first-order valence-electron chi connectivity index (χ1n) is 8.65. The van der Waals surface area contributed by atoms with Crippen LogP contribution in [-0.4, -0.2) is 23.9 Å². The van der Waals surface area contributed by atoms with Gasteiger partial charge in [0.05, 0.1) is 19.0 Å². The number of ether oxygens (including phenoxy) is 2. The molecule has 0 spiro atoms. The van der Waals surface area contributed by atoms with E-state index in [1.54, 1.807) is 0 Å². The fourth-order valence-corrected chi connectivity index (χ4v) is 2.81. The molecule has 0 saturated heterocycles. The van der Waals surface area contributed by atoms with Crippen LogP contribution in [0.15, 0.2) is 77.7 Å². The van der Waals surface area contributed by atoms with Crippen molar-refractivity contribution in [1.82, 2.24) is 4.57 Å². The van der Waals surface area contributed by atoms with E-state index < -0.39 is 17.5 Å². The first kappa shape index (κ1) is 19.1. The van der Waals surface area contributed by atoms with E-state index in [1.165, 1.54) is 17.9 Å². The Labute approximate surface area is 162 Å². The number of aldehydes is 1. The van der Waals surface area contributed by atoms with E-state index >= 15 is 0 Å². The van der Waals surface area contributed by atoms with E-state index in [1.807, 2.05) is 60.7 Å². The summed E-state index contributed by atoms with van der Waals surface area (Å²) >= 11 is 0. The summed E-state index contributed by atoms with van der Waals surface area (Å²) in [7, 11) is 1.25. The zero-order valence-corrected chi connectivity index (χ0v) is 15.3. The fraction of sp³-hybridized carbons (Fsp3) is 0.136. The van der Waals surface area contributed by atoms with Crippen LogP contribution in [0.3, 0.4) is 0 Å². The third-order valence-electron chi connectivity index (χ3n) is 4.22. The number of methoxy groups -OCH3 is 1. The molecular formula is C22H19NO5. The summed E-state index contributed by atoms with van der Waals surface area (Å²) < 4.78 is 12.1. The molecular weight excluding hydrogens is 358 g/mol. The van der Waals surface area contributed by atoms with Crippen molar-refractivity contribution in [2.45, 2.75) is 12.6 Å². The summed E-state index contributed by atoms with van der Waals surface area (Å²) in [6.07, 6.45) is 1.35. The molecule has 0 radical (unpaired) electrons. The van der Waals surface area contributed by atoms with Crippen LogP contribution in [0.4, 0.5) is 0 Å². The summed E-state index contributed by atoms with van der Waals surface area (Å²) in [6, 6.07) is 20.1. The van der Waals surface area contributed by atoms with Gasteiger partial charge in [0, 0.05) is 6.07 Å². The lowest BCUT2D eigenvalue weighted by Gasteiger charge is -2.21. The van der Waals surface area contributed by atoms with Crippen molar-refractivity contribution in [3.63, 3.8) is 0 Å². The van der Waals surface area contributed by atoms with Gasteiger partial charge in [0.25, 0.3) is 0 Å². The predicted molar refractivity (Wildman–Crippen MR) is 103 cm³/mol. The summed E-state index contributed by atoms with van der Waals surface area (Å²) in [4.78, 5) is 35.4. The molecule has 0 aliphatic rings. The second-order valence-corrected chi connectivity index (χ2v) is 6.07. The predicted octanol–water partition coefficient (Wildman–Crippen LogP) is 3.00. The van der Waals surface area contributed by atoms with Gasteiger partial charge in [-0.3, -0.25) is 14.4 Å². The fourth-order valence-electron chi connectivity index (χ4n) is 2.81. The molecule has 0 aliphatic heterocycles. The molecule has 0 unspecified atom stereocenters. The monoisotopic (exact) mass is 377 g/mol. The van der Waals surface area contributed by atoms with Gasteiger partial charge in [0.1, 0.15) is 12.6 Å². The number of rotatable bonds is 7. The summed E-state index contributed by atoms with van der Waals surface area (Å²) in [5, 5.41) is 0. The minimum Gasteiger partial charge on any atom is -0.475 e. The van der Waals surface area contributed by atoms with E-state index in [0.29, 0.717) is 6.29 Å². The molecule has 0 fully saturated rings. The number of aromatic nitrogens is 1. The van der Waals surface area contributed by atoms with Crippen molar-refractivity contribution in [2.24, 2.45) is 0 Å². The van der Waals surface area contributed by atoms with Gasteiger partial charge in [-0.25, -0.2) is 0 Å². The van der Waals surface area contributed by atoms with Crippen molar-refractivity contribution in [1.29, 1.82) is 0 Å². The Hall–Kier alpha value is -3.67. The van der Waals surface area contributed by atoms with E-state index in [0.717, 1.165) is 17.2 Å². The van der Waals surface area contributed by atoms with E-state index in [4.69, 9.17) is 4.74 Å². The molecule has 3 rings (SSSR count). The Bertz CT molecular complexity index is 973. The average molecular weight is 377 g/mol. The SMILES string of the molecule is COC(=O)Cn1cc(OC(c2ccccc2)c2ccccc2)c(=O)cc1C=O. The lowest BCUT2D eigenvalue weighted by molar-refractivity contribution is -0.141. The average Bonchev–Trinajstić information content (AvgIpc) is 2.74. The molecule has 0 atom stereocenters. The lowest BCUT2D eigenvalue weighted by Crippen LogP contribution is -2.21. The van der Waals surface area contributed by atoms with Gasteiger partial charge in [-0.05, 0) is 11.1 Å². The van der Waals surface area contributed by atoms with Gasteiger partial charge >= 0.3 is 5.97 Å². The van der Waals surface area contributed by atoms with Crippen LogP contribution < -0.4 is 10.2 Å². The first-order chi connectivity index (χ1) is 13.6. The van der Waals surface area contributed by atoms with Crippen molar-refractivity contribution in [3.8, 4) is 5.75 Å². The molecule has 0 N–H and O–H groups in total. The molecule has 6 nitrogen and oxygen atoms in total. The number of carbonyl (C=O) groups excluding carboxylic acids is 2. The maximum atomic E-state index is 12.5. The molecule has 28 heavy (non-hydrogen) atoms. The van der Waals surface area contributed by atoms with Gasteiger partial charge in [0.15, 0.2) is 12.0 Å². The first-order valence-corrected chi connectivity index (χ1v) is 8.65. The van der Waals surface area contributed by atoms with Crippen molar-refractivity contribution in [3.05, 3.63) is 100.0 Å². The molecule has 0 amide bonds. The zero-order chi connectivity index (χ0) is 19.9. The number of hydrogen-bond acceptors (Lipinski definition) is 5. The Kier molecular flexibility index (Phi) is 6.01. The summed E-state index contributed by atoms with van der Waals surface area (Å²) in [6.45, 7) is -0.206. The Balaban J connectivity index is 2.03. The highest BCUT2D eigenvalue weighted by Crippen LogP contribution is 2.27. The topological polar surface area (TPSA) is 74.6 Å². The van der Waals surface area contributed by atoms with Crippen molar-refractivity contribution in [2.75, 3.05) is 7.11 Å². The van der Waals surface area contributed by atoms with E-state index in [2.05, 4.69) is 4.74 Å². The third kappa shape index (κ3) is 4.35. The van der Waals surface area contributed by atoms with Gasteiger partial charge in [0.2, 0.25) is 5.43 Å². The normalized spacial score (nSPS) is 10.5. The molecule has 0 bridgehead atoms. The minimum atomic E-state index is -0.541. The summed E-state index contributed by atoms with van der Waals surface area (Å²) in [5.74, 6) is -0.507. The number of nitrogens with zero attached hydrogens (tertiary/aromatic N) is 1. The highest BCUT2D eigenvalue weighted by molar-refractivity contribution is 5.75. The number of hydrogen-bond donors (Lipinski definition) is 0. The molecule has 142 valence electrons. The van der Waals surface area contributed by atoms with Crippen LogP contribution in [0.1, 0.15) is 27.7 Å². The Morgan fingerprint density at radius 3 is 2.11 bits per heavy atom. The Morgan fingerprint density at radius 1 is 1.04 bits per heavy atom. The third-order valence-corrected chi connectivity index (χ3v) is 4.22. The zero-order valence-electron chi connectivity index (χ0n) is 15.3. The Morgan fingerprint density at radius 2 is 1.61 bits per heavy atom. The largest absolute Gasteiger partial charge is 0.475 e. The van der Waals surface area contributed by atoms with Gasteiger partial charge in [-0.15, -0.1) is 0 Å². The molecule has 0 saturated carbocycles. The number of benzene rings is 2. The van der Waals surface area contributed by atoms with Crippen LogP contribution >= 0.6 is 0 Å². The molecule has 1 aromatic heterocycles. The van der Waals surface area contributed by atoms with Crippen molar-refractivity contribution < 1.29 is 19.1 Å². The quantitative estimate of drug-likeness (QED) is 0.467. The second-order valence-electron chi connectivity index (χ2n) is 6.07. The lowest BCUT2D eigenvalue weighted by atomic mass is 10.0. The maximum absolute atomic E-state index is 12.5. The van der Waals surface area contributed by atoms with Gasteiger partial charge in [-0.1, -0.05) is 60.7 Å². The van der Waals surface area contributed by atoms with Crippen LogP contribution in [0, 0.1) is 0 Å². The van der Waals surface area contributed by atoms with Gasteiger partial charge < -0.3 is 14.0 Å². The van der Waals surface area contributed by atoms with E-state index in [9.17, 15) is 14.4 Å². The molecule has 2 aromatic carbocycles. The number of pyridine rings is 1. The highest BCUT2D eigenvalue weighted by Gasteiger charge is 2.19. The van der Waals surface area contributed by atoms with Crippen LogP contribution in [0.5, 0.6) is 5.75 Å². The molecule has 3 aromatic rings. The van der Waals surface area contributed by atoms with Crippen LogP contribution in [0.25, 0.3) is 0 Å². The smallest absolute Gasteiger partial charge is 0.325 e. The minimum absolute atomic E-state index is 0.0345. The maximum Gasteiger partial charge on any atom is 0.325 e. The van der Waals surface area contributed by atoms with E-state index in [-0.39, 0.29) is 18.0 Å². The summed E-state index contributed by atoms with van der Waals surface area (Å²) in [5.41, 5.74) is 1.36. The molecule has 1 heterocycles. The van der Waals surface area contributed by atoms with Crippen LogP contribution in [-0.2, 0) is 16.1 Å².